The van der Waals surface area contributed by atoms with Crippen LogP contribution < -0.4 is 5.32 Å². The van der Waals surface area contributed by atoms with Crippen molar-refractivity contribution in [1.29, 1.82) is 0 Å². The molecule has 1 fully saturated rings. The minimum Gasteiger partial charge on any atom is -0.396 e. The lowest BCUT2D eigenvalue weighted by atomic mass is 9.75. The summed E-state index contributed by atoms with van der Waals surface area (Å²) in [4.78, 5) is 11.5. The smallest absolute Gasteiger partial charge is 0.225 e. The minimum atomic E-state index is -0.192. The highest BCUT2D eigenvalue weighted by atomic mass is 16.3. The van der Waals surface area contributed by atoms with Gasteiger partial charge < -0.3 is 10.4 Å². The van der Waals surface area contributed by atoms with Crippen molar-refractivity contribution in [3.05, 3.63) is 0 Å². The van der Waals surface area contributed by atoms with E-state index in [9.17, 15) is 4.79 Å². The Bertz CT molecular complexity index is 208. The van der Waals surface area contributed by atoms with Crippen LogP contribution >= 0.6 is 0 Å². The Balaban J connectivity index is 2.61. The summed E-state index contributed by atoms with van der Waals surface area (Å²) in [6, 6.07) is 0. The van der Waals surface area contributed by atoms with E-state index >= 15 is 0 Å². The highest BCUT2D eigenvalue weighted by molar-refractivity contribution is 5.79. The molecule has 2 N–H and O–H groups in total. The van der Waals surface area contributed by atoms with Crippen molar-refractivity contribution < 1.29 is 9.90 Å². The van der Waals surface area contributed by atoms with Crippen LogP contribution in [0.15, 0.2) is 0 Å². The van der Waals surface area contributed by atoms with Gasteiger partial charge >= 0.3 is 0 Å². The van der Waals surface area contributed by atoms with Crippen molar-refractivity contribution in [3.8, 4) is 0 Å². The lowest BCUT2D eigenvalue weighted by Gasteiger charge is -2.34. The van der Waals surface area contributed by atoms with Crippen molar-refractivity contribution in [2.24, 2.45) is 17.3 Å². The van der Waals surface area contributed by atoms with Crippen LogP contribution in [0.1, 0.15) is 33.6 Å². The quantitative estimate of drug-likeness (QED) is 0.701. The molecule has 0 bridgehead atoms. The number of carbonyl (C=O) groups is 1. The van der Waals surface area contributed by atoms with Crippen LogP contribution in [0.5, 0.6) is 0 Å². The monoisotopic (exact) mass is 199 g/mol. The zero-order valence-electron chi connectivity index (χ0n) is 9.34. The third-order valence-electron chi connectivity index (χ3n) is 2.79. The van der Waals surface area contributed by atoms with Crippen LogP contribution in [0, 0.1) is 17.3 Å². The van der Waals surface area contributed by atoms with Crippen LogP contribution in [0.2, 0.25) is 0 Å². The SMILES string of the molecule is CC(C)(C)CC1CCNC(=O)C1CO. The summed E-state index contributed by atoms with van der Waals surface area (Å²) in [5.41, 5.74) is 0.232. The minimum absolute atomic E-state index is 0.0212. The Hall–Kier alpha value is -0.570. The number of aliphatic hydroxyl groups is 1. The van der Waals surface area contributed by atoms with Gasteiger partial charge in [0.2, 0.25) is 5.91 Å². The van der Waals surface area contributed by atoms with Crippen molar-refractivity contribution >= 4 is 5.91 Å². The summed E-state index contributed by atoms with van der Waals surface area (Å²) in [6.07, 6.45) is 2.00. The number of piperidine rings is 1. The first-order chi connectivity index (χ1) is 6.44. The zero-order chi connectivity index (χ0) is 10.8. The molecule has 0 aromatic heterocycles. The van der Waals surface area contributed by atoms with E-state index in [1.807, 2.05) is 0 Å². The topological polar surface area (TPSA) is 49.3 Å². The van der Waals surface area contributed by atoms with Gasteiger partial charge in [0.15, 0.2) is 0 Å². The van der Waals surface area contributed by atoms with Crippen LogP contribution in [0.4, 0.5) is 0 Å². The lowest BCUT2D eigenvalue weighted by molar-refractivity contribution is -0.130. The van der Waals surface area contributed by atoms with E-state index in [0.29, 0.717) is 5.92 Å². The van der Waals surface area contributed by atoms with Gasteiger partial charge in [0.05, 0.1) is 12.5 Å². The normalized spacial score (nSPS) is 28.7. The Morgan fingerprint density at radius 3 is 2.64 bits per heavy atom. The number of carbonyl (C=O) groups excluding carboxylic acids is 1. The third kappa shape index (κ3) is 2.98. The average molecular weight is 199 g/mol. The third-order valence-corrected chi connectivity index (χ3v) is 2.79. The molecule has 0 spiro atoms. The first-order valence-electron chi connectivity index (χ1n) is 5.32. The molecule has 2 unspecified atom stereocenters. The van der Waals surface area contributed by atoms with Gasteiger partial charge in [0, 0.05) is 6.54 Å². The number of hydrogen-bond acceptors (Lipinski definition) is 2. The Kier molecular flexibility index (Phi) is 3.53. The van der Waals surface area contributed by atoms with Gasteiger partial charge in [-0.1, -0.05) is 20.8 Å². The maximum Gasteiger partial charge on any atom is 0.225 e. The molecule has 0 aliphatic carbocycles. The van der Waals surface area contributed by atoms with Crippen LogP contribution in [0.25, 0.3) is 0 Å². The summed E-state index contributed by atoms with van der Waals surface area (Å²) in [6.45, 7) is 7.26. The molecule has 1 amide bonds. The van der Waals surface area contributed by atoms with Gasteiger partial charge in [-0.2, -0.15) is 0 Å². The van der Waals surface area contributed by atoms with Crippen LogP contribution in [-0.2, 0) is 4.79 Å². The van der Waals surface area contributed by atoms with E-state index in [0.717, 1.165) is 19.4 Å². The zero-order valence-corrected chi connectivity index (χ0v) is 9.34. The predicted octanol–water partition coefficient (Wildman–Crippen LogP) is 1.17. The number of hydrogen-bond donors (Lipinski definition) is 2. The molecule has 2 atom stereocenters. The summed E-state index contributed by atoms with van der Waals surface area (Å²) in [5.74, 6) is 0.171. The van der Waals surface area contributed by atoms with Crippen LogP contribution in [-0.4, -0.2) is 24.2 Å². The first-order valence-corrected chi connectivity index (χ1v) is 5.32. The number of amides is 1. The molecule has 0 aromatic rings. The van der Waals surface area contributed by atoms with Crippen molar-refractivity contribution in [2.45, 2.75) is 33.6 Å². The second-order valence-electron chi connectivity index (χ2n) is 5.39. The van der Waals surface area contributed by atoms with Crippen molar-refractivity contribution in [1.82, 2.24) is 5.32 Å². The van der Waals surface area contributed by atoms with E-state index in [1.165, 1.54) is 0 Å². The molecule has 0 aromatic carbocycles. The first kappa shape index (κ1) is 11.5. The Morgan fingerprint density at radius 1 is 1.50 bits per heavy atom. The molecule has 0 saturated carbocycles. The highest BCUT2D eigenvalue weighted by Crippen LogP contribution is 2.32. The van der Waals surface area contributed by atoms with E-state index < -0.39 is 0 Å². The average Bonchev–Trinajstić information content (AvgIpc) is 2.01. The second-order valence-corrected chi connectivity index (χ2v) is 5.39. The summed E-state index contributed by atoms with van der Waals surface area (Å²) >= 11 is 0. The molecule has 3 heteroatoms. The lowest BCUT2D eigenvalue weighted by Crippen LogP contribution is -2.44. The Morgan fingerprint density at radius 2 is 2.14 bits per heavy atom. The molecule has 82 valence electrons. The van der Waals surface area contributed by atoms with E-state index in [1.54, 1.807) is 0 Å². The van der Waals surface area contributed by atoms with Gasteiger partial charge in [-0.05, 0) is 24.2 Å². The highest BCUT2D eigenvalue weighted by Gasteiger charge is 2.33. The number of aliphatic hydroxyl groups excluding tert-OH is 1. The fraction of sp³-hybridized carbons (Fsp3) is 0.909. The molecule has 1 saturated heterocycles. The second kappa shape index (κ2) is 4.30. The largest absolute Gasteiger partial charge is 0.396 e. The fourth-order valence-electron chi connectivity index (χ4n) is 2.19. The molecular weight excluding hydrogens is 178 g/mol. The number of nitrogens with one attached hydrogen (secondary N) is 1. The van der Waals surface area contributed by atoms with Gasteiger partial charge in [-0.15, -0.1) is 0 Å². The molecule has 14 heavy (non-hydrogen) atoms. The van der Waals surface area contributed by atoms with Gasteiger partial charge in [0.25, 0.3) is 0 Å². The molecule has 1 rings (SSSR count). The predicted molar refractivity (Wildman–Crippen MR) is 55.8 cm³/mol. The summed E-state index contributed by atoms with van der Waals surface area (Å²) in [5, 5.41) is 12.0. The molecular formula is C11H21NO2. The van der Waals surface area contributed by atoms with Gasteiger partial charge in [0.1, 0.15) is 0 Å². The fourth-order valence-corrected chi connectivity index (χ4v) is 2.19. The number of rotatable bonds is 2. The molecule has 1 aliphatic heterocycles. The summed E-state index contributed by atoms with van der Waals surface area (Å²) < 4.78 is 0. The van der Waals surface area contributed by atoms with Crippen LogP contribution in [0.3, 0.4) is 0 Å². The molecule has 3 nitrogen and oxygen atoms in total. The van der Waals surface area contributed by atoms with Gasteiger partial charge in [-0.25, -0.2) is 0 Å². The molecule has 0 radical (unpaired) electrons. The Labute approximate surface area is 85.9 Å². The van der Waals surface area contributed by atoms with E-state index in [2.05, 4.69) is 26.1 Å². The van der Waals surface area contributed by atoms with Gasteiger partial charge in [-0.3, -0.25) is 4.79 Å². The maximum atomic E-state index is 11.5. The van der Waals surface area contributed by atoms with E-state index in [-0.39, 0.29) is 23.8 Å². The maximum absolute atomic E-state index is 11.5. The van der Waals surface area contributed by atoms with E-state index in [4.69, 9.17) is 5.11 Å². The van der Waals surface area contributed by atoms with Crippen molar-refractivity contribution in [2.75, 3.05) is 13.2 Å². The van der Waals surface area contributed by atoms with Crippen molar-refractivity contribution in [3.63, 3.8) is 0 Å². The molecule has 1 heterocycles. The summed E-state index contributed by atoms with van der Waals surface area (Å²) in [7, 11) is 0. The molecule has 1 aliphatic rings. The standard InChI is InChI=1S/C11H21NO2/c1-11(2,3)6-8-4-5-12-10(14)9(8)7-13/h8-9,13H,4-7H2,1-3H3,(H,12,14).